The molecular formula is C15H18N2O5S. The number of anilines is 1. The second-order valence-electron chi connectivity index (χ2n) is 4.93. The summed E-state index contributed by atoms with van der Waals surface area (Å²) in [5.41, 5.74) is 0.614. The number of aliphatic carboxylic acids is 1. The van der Waals surface area contributed by atoms with Gasteiger partial charge in [-0.1, -0.05) is 0 Å². The van der Waals surface area contributed by atoms with Crippen LogP contribution < -0.4 is 15.4 Å². The molecule has 0 spiro atoms. The van der Waals surface area contributed by atoms with Crippen molar-refractivity contribution in [3.63, 3.8) is 0 Å². The van der Waals surface area contributed by atoms with Crippen molar-refractivity contribution < 1.29 is 24.2 Å². The normalized spacial score (nSPS) is 20.5. The lowest BCUT2D eigenvalue weighted by Crippen LogP contribution is -2.51. The number of hydrogen-bond donors (Lipinski definition) is 3. The Kier molecular flexibility index (Phi) is 5.86. The fraction of sp³-hybridized carbons (Fsp3) is 0.400. The minimum Gasteiger partial charge on any atom is -0.494 e. The first kappa shape index (κ1) is 17.1. The summed E-state index contributed by atoms with van der Waals surface area (Å²) in [6.07, 6.45) is -0.00392. The lowest BCUT2D eigenvalue weighted by molar-refractivity contribution is -0.141. The second kappa shape index (κ2) is 7.87. The van der Waals surface area contributed by atoms with Gasteiger partial charge in [0.05, 0.1) is 11.9 Å². The number of carboxylic acid groups (broad SMARTS) is 1. The quantitative estimate of drug-likeness (QED) is 0.717. The van der Waals surface area contributed by atoms with E-state index in [1.165, 1.54) is 11.8 Å². The molecule has 1 heterocycles. The van der Waals surface area contributed by atoms with E-state index < -0.39 is 23.2 Å². The Hall–Kier alpha value is -2.22. The van der Waals surface area contributed by atoms with Crippen LogP contribution in [0.1, 0.15) is 13.3 Å². The highest BCUT2D eigenvalue weighted by atomic mass is 32.2. The molecule has 2 amide bonds. The Morgan fingerprint density at radius 1 is 1.39 bits per heavy atom. The van der Waals surface area contributed by atoms with E-state index in [-0.39, 0.29) is 18.1 Å². The molecule has 2 atom stereocenters. The van der Waals surface area contributed by atoms with Gasteiger partial charge in [-0.25, -0.2) is 4.79 Å². The van der Waals surface area contributed by atoms with E-state index in [0.29, 0.717) is 18.0 Å². The van der Waals surface area contributed by atoms with Gasteiger partial charge in [0.2, 0.25) is 11.8 Å². The first-order valence-electron chi connectivity index (χ1n) is 7.17. The van der Waals surface area contributed by atoms with Gasteiger partial charge in [-0.05, 0) is 31.2 Å². The Morgan fingerprint density at radius 2 is 2.09 bits per heavy atom. The molecular weight excluding hydrogens is 320 g/mol. The van der Waals surface area contributed by atoms with Crippen LogP contribution in [0, 0.1) is 0 Å². The number of amides is 2. The van der Waals surface area contributed by atoms with Gasteiger partial charge in [-0.2, -0.15) is 0 Å². The zero-order valence-corrected chi connectivity index (χ0v) is 13.4. The van der Waals surface area contributed by atoms with Gasteiger partial charge in [-0.3, -0.25) is 9.59 Å². The van der Waals surface area contributed by atoms with E-state index >= 15 is 0 Å². The molecule has 3 N–H and O–H groups in total. The van der Waals surface area contributed by atoms with Crippen LogP contribution in [0.25, 0.3) is 0 Å². The average Bonchev–Trinajstić information content (AvgIpc) is 2.51. The third kappa shape index (κ3) is 4.88. The average molecular weight is 338 g/mol. The summed E-state index contributed by atoms with van der Waals surface area (Å²) < 4.78 is 5.31. The van der Waals surface area contributed by atoms with Crippen molar-refractivity contribution in [3.05, 3.63) is 24.3 Å². The van der Waals surface area contributed by atoms with Crippen molar-refractivity contribution in [2.24, 2.45) is 0 Å². The number of carbonyl (C=O) groups is 3. The number of hydrogen-bond acceptors (Lipinski definition) is 5. The molecule has 2 unspecified atom stereocenters. The molecule has 1 aromatic carbocycles. The standard InChI is InChI=1S/C15H18N2O5S/c1-2-22-10-5-3-9(4-6-10)16-13(18)7-12-14(19)17-11(8-23-12)15(20)21/h3-6,11-12H,2,7-8H2,1H3,(H,16,18)(H,17,19)(H,20,21). The molecule has 7 nitrogen and oxygen atoms in total. The lowest BCUT2D eigenvalue weighted by atomic mass is 10.2. The topological polar surface area (TPSA) is 105 Å². The lowest BCUT2D eigenvalue weighted by Gasteiger charge is -2.25. The second-order valence-corrected chi connectivity index (χ2v) is 6.17. The molecule has 0 aliphatic carbocycles. The van der Waals surface area contributed by atoms with Crippen molar-refractivity contribution >= 4 is 35.2 Å². The Labute approximate surface area is 137 Å². The van der Waals surface area contributed by atoms with E-state index in [1.54, 1.807) is 24.3 Å². The summed E-state index contributed by atoms with van der Waals surface area (Å²) >= 11 is 1.18. The predicted octanol–water partition coefficient (Wildman–Crippen LogP) is 1.10. The smallest absolute Gasteiger partial charge is 0.327 e. The molecule has 0 bridgehead atoms. The van der Waals surface area contributed by atoms with E-state index in [2.05, 4.69) is 10.6 Å². The van der Waals surface area contributed by atoms with Gasteiger partial charge in [0.15, 0.2) is 0 Å². The maximum Gasteiger partial charge on any atom is 0.327 e. The fourth-order valence-electron chi connectivity index (χ4n) is 2.06. The summed E-state index contributed by atoms with van der Waals surface area (Å²) in [5.74, 6) is -0.816. The van der Waals surface area contributed by atoms with Crippen molar-refractivity contribution in [3.8, 4) is 5.75 Å². The van der Waals surface area contributed by atoms with Gasteiger partial charge in [0.25, 0.3) is 0 Å². The minimum absolute atomic E-state index is 0.00392. The van der Waals surface area contributed by atoms with Crippen LogP contribution in [0.5, 0.6) is 5.75 Å². The van der Waals surface area contributed by atoms with Crippen LogP contribution in [0.2, 0.25) is 0 Å². The molecule has 1 aliphatic rings. The molecule has 23 heavy (non-hydrogen) atoms. The Morgan fingerprint density at radius 3 is 2.65 bits per heavy atom. The Bertz CT molecular complexity index is 590. The largest absolute Gasteiger partial charge is 0.494 e. The third-order valence-corrected chi connectivity index (χ3v) is 4.50. The first-order chi connectivity index (χ1) is 11.0. The van der Waals surface area contributed by atoms with Crippen molar-refractivity contribution in [2.75, 3.05) is 17.7 Å². The van der Waals surface area contributed by atoms with Crippen LogP contribution in [-0.4, -0.2) is 46.5 Å². The molecule has 0 saturated carbocycles. The van der Waals surface area contributed by atoms with Gasteiger partial charge in [0, 0.05) is 17.9 Å². The van der Waals surface area contributed by atoms with E-state index in [4.69, 9.17) is 9.84 Å². The van der Waals surface area contributed by atoms with Crippen LogP contribution >= 0.6 is 11.8 Å². The van der Waals surface area contributed by atoms with Crippen molar-refractivity contribution in [2.45, 2.75) is 24.6 Å². The molecule has 8 heteroatoms. The summed E-state index contributed by atoms with van der Waals surface area (Å²) in [6.45, 7) is 2.45. The highest BCUT2D eigenvalue weighted by Gasteiger charge is 2.33. The fourth-order valence-corrected chi connectivity index (χ4v) is 3.20. The molecule has 124 valence electrons. The summed E-state index contributed by atoms with van der Waals surface area (Å²) in [6, 6.07) is 6.05. The zero-order valence-electron chi connectivity index (χ0n) is 12.6. The molecule has 1 fully saturated rings. The maximum absolute atomic E-state index is 12.0. The first-order valence-corrected chi connectivity index (χ1v) is 8.22. The highest BCUT2D eigenvalue weighted by Crippen LogP contribution is 2.22. The molecule has 0 aromatic heterocycles. The third-order valence-electron chi connectivity index (χ3n) is 3.19. The van der Waals surface area contributed by atoms with Crippen LogP contribution in [0.3, 0.4) is 0 Å². The monoisotopic (exact) mass is 338 g/mol. The van der Waals surface area contributed by atoms with Crippen LogP contribution in [0.4, 0.5) is 5.69 Å². The maximum atomic E-state index is 12.0. The van der Waals surface area contributed by atoms with E-state index in [9.17, 15) is 14.4 Å². The predicted molar refractivity (Wildman–Crippen MR) is 86.7 cm³/mol. The summed E-state index contributed by atoms with van der Waals surface area (Å²) in [7, 11) is 0. The minimum atomic E-state index is -1.07. The zero-order chi connectivity index (χ0) is 16.8. The number of rotatable bonds is 6. The van der Waals surface area contributed by atoms with Crippen LogP contribution in [-0.2, 0) is 14.4 Å². The SMILES string of the molecule is CCOc1ccc(NC(=O)CC2SCC(C(=O)O)NC2=O)cc1. The molecule has 0 radical (unpaired) electrons. The summed E-state index contributed by atoms with van der Waals surface area (Å²) in [5, 5.41) is 13.4. The van der Waals surface area contributed by atoms with Crippen molar-refractivity contribution in [1.29, 1.82) is 0 Å². The van der Waals surface area contributed by atoms with Gasteiger partial charge in [0.1, 0.15) is 11.8 Å². The number of thioether (sulfide) groups is 1. The number of ether oxygens (including phenoxy) is 1. The van der Waals surface area contributed by atoms with Crippen molar-refractivity contribution in [1.82, 2.24) is 5.32 Å². The molecule has 2 rings (SSSR count). The number of nitrogens with one attached hydrogen (secondary N) is 2. The Balaban J connectivity index is 1.85. The van der Waals surface area contributed by atoms with Crippen LogP contribution in [0.15, 0.2) is 24.3 Å². The molecule has 1 aromatic rings. The number of benzene rings is 1. The van der Waals surface area contributed by atoms with E-state index in [0.717, 1.165) is 0 Å². The highest BCUT2D eigenvalue weighted by molar-refractivity contribution is 8.00. The molecule has 1 aliphatic heterocycles. The number of carbonyl (C=O) groups excluding carboxylic acids is 2. The molecule has 1 saturated heterocycles. The van der Waals surface area contributed by atoms with Gasteiger partial charge < -0.3 is 20.5 Å². The number of carboxylic acids is 1. The summed E-state index contributed by atoms with van der Waals surface area (Å²) in [4.78, 5) is 34.6. The van der Waals surface area contributed by atoms with E-state index in [1.807, 2.05) is 6.92 Å². The van der Waals surface area contributed by atoms with Gasteiger partial charge in [-0.15, -0.1) is 11.8 Å². The van der Waals surface area contributed by atoms with Gasteiger partial charge >= 0.3 is 5.97 Å².